The largest absolute Gasteiger partial charge is 0.493 e. The lowest BCUT2D eigenvalue weighted by Crippen LogP contribution is -2.24. The molecule has 0 N–H and O–H groups in total. The van der Waals surface area contributed by atoms with E-state index in [-0.39, 0.29) is 23.3 Å². The van der Waals surface area contributed by atoms with Crippen LogP contribution < -0.4 is 14.4 Å². The summed E-state index contributed by atoms with van der Waals surface area (Å²) in [5.41, 5.74) is 1.21. The molecule has 1 fully saturated rings. The fourth-order valence-corrected chi connectivity index (χ4v) is 3.44. The van der Waals surface area contributed by atoms with Gasteiger partial charge in [0.15, 0.2) is 17.3 Å². The molecule has 9 heteroatoms. The first-order valence-corrected chi connectivity index (χ1v) is 9.19. The molecule has 1 saturated heterocycles. The minimum atomic E-state index is -0.531. The molecule has 0 radical (unpaired) electrons. The van der Waals surface area contributed by atoms with E-state index in [9.17, 15) is 9.18 Å². The third-order valence-electron chi connectivity index (χ3n) is 4.78. The quantitative estimate of drug-likeness (QED) is 0.622. The standard InChI is InChI=1S/C20H17ClFN3O4/c1-27-16-6-3-11(7-17(16)28-2)20-23-19(24-29-20)12-8-18(26)25(10-12)13-4-5-15(22)14(21)9-13/h3-7,9,12H,8,10H2,1-2H3. The average Bonchev–Trinajstić information content (AvgIpc) is 3.36. The molecule has 0 saturated carbocycles. The molecule has 4 rings (SSSR count). The van der Waals surface area contributed by atoms with E-state index in [1.165, 1.54) is 18.2 Å². The SMILES string of the molecule is COc1ccc(-c2nc(C3CC(=O)N(c4ccc(F)c(Cl)c4)C3)no2)cc1OC. The molecule has 29 heavy (non-hydrogen) atoms. The third-order valence-corrected chi connectivity index (χ3v) is 5.07. The van der Waals surface area contributed by atoms with E-state index in [1.54, 1.807) is 37.3 Å². The topological polar surface area (TPSA) is 77.7 Å². The van der Waals surface area contributed by atoms with Gasteiger partial charge in [-0.3, -0.25) is 4.79 Å². The number of anilines is 1. The lowest BCUT2D eigenvalue weighted by atomic mass is 10.1. The van der Waals surface area contributed by atoms with Gasteiger partial charge >= 0.3 is 0 Å². The van der Waals surface area contributed by atoms with Gasteiger partial charge in [-0.2, -0.15) is 4.98 Å². The minimum Gasteiger partial charge on any atom is -0.493 e. The fourth-order valence-electron chi connectivity index (χ4n) is 3.27. The number of benzene rings is 2. The highest BCUT2D eigenvalue weighted by molar-refractivity contribution is 6.31. The Morgan fingerprint density at radius 3 is 2.69 bits per heavy atom. The van der Waals surface area contributed by atoms with Crippen LogP contribution in [0.15, 0.2) is 40.9 Å². The van der Waals surface area contributed by atoms with Gasteiger partial charge in [-0.15, -0.1) is 0 Å². The van der Waals surface area contributed by atoms with Crippen LogP contribution in [-0.4, -0.2) is 36.8 Å². The van der Waals surface area contributed by atoms with Gasteiger partial charge in [0, 0.05) is 30.1 Å². The van der Waals surface area contributed by atoms with Crippen molar-refractivity contribution in [3.63, 3.8) is 0 Å². The maximum absolute atomic E-state index is 13.4. The van der Waals surface area contributed by atoms with Crippen molar-refractivity contribution in [1.82, 2.24) is 10.1 Å². The number of hydrogen-bond acceptors (Lipinski definition) is 6. The lowest BCUT2D eigenvalue weighted by Gasteiger charge is -2.16. The van der Waals surface area contributed by atoms with Crippen LogP contribution in [0.2, 0.25) is 5.02 Å². The molecular weight excluding hydrogens is 401 g/mol. The van der Waals surface area contributed by atoms with E-state index in [0.717, 1.165) is 0 Å². The average molecular weight is 418 g/mol. The highest BCUT2D eigenvalue weighted by atomic mass is 35.5. The summed E-state index contributed by atoms with van der Waals surface area (Å²) in [6.45, 7) is 0.353. The van der Waals surface area contributed by atoms with Crippen LogP contribution >= 0.6 is 11.6 Å². The molecule has 1 amide bonds. The Labute approximate surface area is 171 Å². The highest BCUT2D eigenvalue weighted by Gasteiger charge is 2.35. The Hall–Kier alpha value is -3.13. The maximum Gasteiger partial charge on any atom is 0.258 e. The predicted molar refractivity (Wildman–Crippen MR) is 104 cm³/mol. The second kappa shape index (κ2) is 7.71. The zero-order valence-corrected chi connectivity index (χ0v) is 16.4. The Morgan fingerprint density at radius 1 is 1.17 bits per heavy atom. The van der Waals surface area contributed by atoms with Gasteiger partial charge in [0.05, 0.1) is 19.2 Å². The van der Waals surface area contributed by atoms with Crippen molar-refractivity contribution in [2.75, 3.05) is 25.7 Å². The van der Waals surface area contributed by atoms with Crippen LogP contribution in [0.25, 0.3) is 11.5 Å². The smallest absolute Gasteiger partial charge is 0.258 e. The van der Waals surface area contributed by atoms with Crippen molar-refractivity contribution in [2.45, 2.75) is 12.3 Å². The first kappa shape index (κ1) is 19.2. The Bertz CT molecular complexity index is 1070. The Morgan fingerprint density at radius 2 is 1.97 bits per heavy atom. The first-order valence-electron chi connectivity index (χ1n) is 8.81. The van der Waals surface area contributed by atoms with Gasteiger partial charge in [0.2, 0.25) is 5.91 Å². The number of ether oxygens (including phenoxy) is 2. The van der Waals surface area contributed by atoms with Crippen LogP contribution in [0.1, 0.15) is 18.2 Å². The lowest BCUT2D eigenvalue weighted by molar-refractivity contribution is -0.117. The number of halogens is 2. The van der Waals surface area contributed by atoms with Gasteiger partial charge in [0.1, 0.15) is 5.82 Å². The van der Waals surface area contributed by atoms with Gasteiger partial charge in [0.25, 0.3) is 5.89 Å². The molecule has 2 heterocycles. The van der Waals surface area contributed by atoms with Crippen molar-refractivity contribution in [1.29, 1.82) is 0 Å². The van der Waals surface area contributed by atoms with Crippen molar-refractivity contribution in [2.24, 2.45) is 0 Å². The monoisotopic (exact) mass is 417 g/mol. The van der Waals surface area contributed by atoms with Crippen molar-refractivity contribution < 1.29 is 23.2 Å². The molecule has 0 spiro atoms. The van der Waals surface area contributed by atoms with Crippen LogP contribution in [0.3, 0.4) is 0 Å². The van der Waals surface area contributed by atoms with E-state index < -0.39 is 5.82 Å². The number of rotatable bonds is 5. The molecule has 1 unspecified atom stereocenters. The Kier molecular flexibility index (Phi) is 5.10. The molecular formula is C20H17ClFN3O4. The van der Waals surface area contributed by atoms with Gasteiger partial charge in [-0.05, 0) is 36.4 Å². The minimum absolute atomic E-state index is 0.0333. The van der Waals surface area contributed by atoms with E-state index >= 15 is 0 Å². The summed E-state index contributed by atoms with van der Waals surface area (Å²) in [5.74, 6) is 0.983. The first-order chi connectivity index (χ1) is 14.0. The summed E-state index contributed by atoms with van der Waals surface area (Å²) in [6, 6.07) is 9.46. The number of carbonyl (C=O) groups is 1. The van der Waals surface area contributed by atoms with E-state index in [4.69, 9.17) is 25.6 Å². The maximum atomic E-state index is 13.4. The van der Waals surface area contributed by atoms with Crippen LogP contribution in [0, 0.1) is 5.82 Å². The highest BCUT2D eigenvalue weighted by Crippen LogP contribution is 2.35. The molecule has 3 aromatic rings. The van der Waals surface area contributed by atoms with E-state index in [1.807, 2.05) is 0 Å². The van der Waals surface area contributed by atoms with E-state index in [0.29, 0.717) is 41.0 Å². The molecule has 150 valence electrons. The molecule has 0 bridgehead atoms. The predicted octanol–water partition coefficient (Wildman–Crippen LogP) is 4.07. The van der Waals surface area contributed by atoms with Crippen LogP contribution in [0.4, 0.5) is 10.1 Å². The Balaban J connectivity index is 1.56. The summed E-state index contributed by atoms with van der Waals surface area (Å²) >= 11 is 5.84. The van der Waals surface area contributed by atoms with E-state index in [2.05, 4.69) is 10.1 Å². The molecule has 2 aromatic carbocycles. The van der Waals surface area contributed by atoms with Crippen molar-refractivity contribution in [3.05, 3.63) is 53.1 Å². The summed E-state index contributed by atoms with van der Waals surface area (Å²) < 4.78 is 29.3. The number of aromatic nitrogens is 2. The van der Waals surface area contributed by atoms with Crippen LogP contribution in [-0.2, 0) is 4.79 Å². The fraction of sp³-hybridized carbons (Fsp3) is 0.250. The zero-order chi connectivity index (χ0) is 20.5. The summed E-state index contributed by atoms with van der Waals surface area (Å²) in [5, 5.41) is 4.01. The second-order valence-corrected chi connectivity index (χ2v) is 6.94. The van der Waals surface area contributed by atoms with Crippen molar-refractivity contribution >= 4 is 23.2 Å². The number of hydrogen-bond donors (Lipinski definition) is 0. The molecule has 0 aliphatic carbocycles. The molecule has 1 atom stereocenters. The third kappa shape index (κ3) is 3.63. The number of methoxy groups -OCH3 is 2. The molecule has 1 aromatic heterocycles. The van der Waals surface area contributed by atoms with Gasteiger partial charge < -0.3 is 18.9 Å². The molecule has 7 nitrogen and oxygen atoms in total. The summed E-state index contributed by atoms with van der Waals surface area (Å²) in [4.78, 5) is 18.5. The second-order valence-electron chi connectivity index (χ2n) is 6.53. The summed E-state index contributed by atoms with van der Waals surface area (Å²) in [7, 11) is 3.10. The van der Waals surface area contributed by atoms with Gasteiger partial charge in [-0.1, -0.05) is 16.8 Å². The summed E-state index contributed by atoms with van der Waals surface area (Å²) in [6.07, 6.45) is 0.222. The zero-order valence-electron chi connectivity index (χ0n) is 15.7. The normalized spacial score (nSPS) is 16.3. The number of carbonyl (C=O) groups excluding carboxylic acids is 1. The molecule has 1 aliphatic rings. The number of amides is 1. The van der Waals surface area contributed by atoms with Gasteiger partial charge in [-0.25, -0.2) is 4.39 Å². The number of nitrogens with zero attached hydrogens (tertiary/aromatic N) is 3. The van der Waals surface area contributed by atoms with Crippen molar-refractivity contribution in [3.8, 4) is 23.0 Å². The van der Waals surface area contributed by atoms with Crippen LogP contribution in [0.5, 0.6) is 11.5 Å². The molecule has 1 aliphatic heterocycles.